The number of halogens is 2. The highest BCUT2D eigenvalue weighted by Gasteiger charge is 2.18. The van der Waals surface area contributed by atoms with Crippen molar-refractivity contribution in [1.82, 2.24) is 14.9 Å². The summed E-state index contributed by atoms with van der Waals surface area (Å²) in [5.41, 5.74) is 4.49. The third-order valence-corrected chi connectivity index (χ3v) is 5.86. The van der Waals surface area contributed by atoms with Gasteiger partial charge in [-0.05, 0) is 87.2 Å². The minimum absolute atomic E-state index is 0. The second-order valence-electron chi connectivity index (χ2n) is 8.06. The number of hydrogen-bond acceptors (Lipinski definition) is 4. The van der Waals surface area contributed by atoms with E-state index in [1.54, 1.807) is 7.11 Å². The molecule has 3 aromatic rings. The van der Waals surface area contributed by atoms with Crippen LogP contribution in [0.5, 0.6) is 5.75 Å². The van der Waals surface area contributed by atoms with E-state index in [9.17, 15) is 4.79 Å². The van der Waals surface area contributed by atoms with Gasteiger partial charge in [-0.15, -0.1) is 24.8 Å². The van der Waals surface area contributed by atoms with Crippen molar-refractivity contribution in [3.8, 4) is 5.75 Å². The summed E-state index contributed by atoms with van der Waals surface area (Å²) in [6.45, 7) is 7.20. The molecule has 0 aliphatic carbocycles. The lowest BCUT2D eigenvalue weighted by molar-refractivity contribution is 0.102. The van der Waals surface area contributed by atoms with Crippen LogP contribution in [0.3, 0.4) is 0 Å². The zero-order valence-electron chi connectivity index (χ0n) is 18.8. The average molecular weight is 479 g/mol. The number of nitrogens with zero attached hydrogens (tertiary/aromatic N) is 2. The lowest BCUT2D eigenvalue weighted by Gasteiger charge is -2.14. The summed E-state index contributed by atoms with van der Waals surface area (Å²) in [5.74, 6) is 2.31. The molecule has 1 saturated heterocycles. The van der Waals surface area contributed by atoms with E-state index in [1.165, 1.54) is 0 Å². The summed E-state index contributed by atoms with van der Waals surface area (Å²) < 4.78 is 7.74. The van der Waals surface area contributed by atoms with Gasteiger partial charge in [0.25, 0.3) is 5.91 Å². The van der Waals surface area contributed by atoms with Crippen molar-refractivity contribution in [3.63, 3.8) is 0 Å². The largest absolute Gasteiger partial charge is 0.496 e. The predicted octanol–water partition coefficient (Wildman–Crippen LogP) is 5.01. The molecule has 2 aromatic carbocycles. The summed E-state index contributed by atoms with van der Waals surface area (Å²) in [6, 6.07) is 11.6. The minimum atomic E-state index is -0.118. The fraction of sp³-hybridized carbons (Fsp3) is 0.417. The molecule has 2 N–H and O–H groups in total. The van der Waals surface area contributed by atoms with Crippen molar-refractivity contribution in [2.45, 2.75) is 39.7 Å². The number of fused-ring (bicyclic) bond motifs is 1. The smallest absolute Gasteiger partial charge is 0.255 e. The number of hydrogen-bond donors (Lipinski definition) is 2. The number of aromatic nitrogens is 2. The summed E-state index contributed by atoms with van der Waals surface area (Å²) in [6.07, 6.45) is 3.13. The number of amides is 1. The molecule has 174 valence electrons. The van der Waals surface area contributed by atoms with Crippen molar-refractivity contribution in [1.29, 1.82) is 0 Å². The van der Waals surface area contributed by atoms with Gasteiger partial charge in [0.2, 0.25) is 0 Å². The number of anilines is 1. The summed E-state index contributed by atoms with van der Waals surface area (Å²) >= 11 is 0. The first-order valence-electron chi connectivity index (χ1n) is 10.7. The highest BCUT2D eigenvalue weighted by Crippen LogP contribution is 2.26. The predicted molar refractivity (Wildman–Crippen MR) is 135 cm³/mol. The van der Waals surface area contributed by atoms with Gasteiger partial charge in [-0.3, -0.25) is 4.79 Å². The second kappa shape index (κ2) is 11.5. The Hall–Kier alpha value is -2.28. The molecule has 1 aliphatic heterocycles. The van der Waals surface area contributed by atoms with E-state index >= 15 is 0 Å². The normalized spacial score (nSPS) is 15.2. The number of benzene rings is 2. The minimum Gasteiger partial charge on any atom is -0.496 e. The standard InChI is InChI=1S/C24H30N4O2.2ClH/c1-4-11-28-16(2)26-21-14-20(6-7-22(21)28)27-24(29)18-5-8-23(30-3)19(13-18)12-17-9-10-25-15-17;;/h5-8,13-14,17,25H,4,9-12,15H2,1-3H3,(H,27,29);2*1H. The Bertz CT molecular complexity index is 1060. The number of aryl methyl sites for hydroxylation is 2. The van der Waals surface area contributed by atoms with Crippen LogP contribution < -0.4 is 15.4 Å². The Labute approximate surface area is 201 Å². The monoisotopic (exact) mass is 478 g/mol. The fourth-order valence-electron chi connectivity index (χ4n) is 4.32. The molecule has 0 bridgehead atoms. The highest BCUT2D eigenvalue weighted by molar-refractivity contribution is 6.05. The molecule has 1 aliphatic rings. The lowest BCUT2D eigenvalue weighted by Crippen LogP contribution is -2.14. The molecule has 0 radical (unpaired) electrons. The maximum Gasteiger partial charge on any atom is 0.255 e. The Morgan fingerprint density at radius 3 is 2.75 bits per heavy atom. The Morgan fingerprint density at radius 2 is 2.06 bits per heavy atom. The van der Waals surface area contributed by atoms with Gasteiger partial charge in [-0.2, -0.15) is 0 Å². The molecule has 6 nitrogen and oxygen atoms in total. The number of methoxy groups -OCH3 is 1. The van der Waals surface area contributed by atoms with Gasteiger partial charge in [0.05, 0.1) is 18.1 Å². The lowest BCUT2D eigenvalue weighted by atomic mass is 9.96. The highest BCUT2D eigenvalue weighted by atomic mass is 35.5. The van der Waals surface area contributed by atoms with Gasteiger partial charge in [0.15, 0.2) is 0 Å². The van der Waals surface area contributed by atoms with E-state index < -0.39 is 0 Å². The first kappa shape index (κ1) is 26.0. The Balaban J connectivity index is 0.00000181. The van der Waals surface area contributed by atoms with Crippen molar-refractivity contribution in [3.05, 3.63) is 53.3 Å². The SMILES string of the molecule is CCCn1c(C)nc2cc(NC(=O)c3ccc(OC)c(CC4CCNC4)c3)ccc21.Cl.Cl. The van der Waals surface area contributed by atoms with Crippen LogP contribution in [0.2, 0.25) is 0 Å². The number of rotatable bonds is 7. The molecule has 2 heterocycles. The zero-order chi connectivity index (χ0) is 21.1. The van der Waals surface area contributed by atoms with Gasteiger partial charge in [0, 0.05) is 17.8 Å². The average Bonchev–Trinajstić information content (AvgIpc) is 3.36. The van der Waals surface area contributed by atoms with Crippen molar-refractivity contribution >= 4 is 47.4 Å². The van der Waals surface area contributed by atoms with Gasteiger partial charge < -0.3 is 19.9 Å². The van der Waals surface area contributed by atoms with Crippen LogP contribution in [-0.4, -0.2) is 35.7 Å². The van der Waals surface area contributed by atoms with Crippen molar-refractivity contribution < 1.29 is 9.53 Å². The Kier molecular flexibility index (Phi) is 9.37. The van der Waals surface area contributed by atoms with Crippen LogP contribution in [0.15, 0.2) is 36.4 Å². The maximum atomic E-state index is 12.9. The number of carbonyl (C=O) groups excluding carboxylic acids is 1. The number of imidazole rings is 1. The first-order valence-corrected chi connectivity index (χ1v) is 10.7. The molecule has 32 heavy (non-hydrogen) atoms. The van der Waals surface area contributed by atoms with E-state index in [0.717, 1.165) is 72.8 Å². The van der Waals surface area contributed by atoms with Crippen molar-refractivity contribution in [2.75, 3.05) is 25.5 Å². The molecule has 4 rings (SSSR count). The van der Waals surface area contributed by atoms with E-state index in [2.05, 4.69) is 27.1 Å². The molecule has 0 spiro atoms. The molecule has 8 heteroatoms. The van der Waals surface area contributed by atoms with Crippen LogP contribution in [0.25, 0.3) is 11.0 Å². The summed E-state index contributed by atoms with van der Waals surface area (Å²) in [7, 11) is 1.68. The zero-order valence-corrected chi connectivity index (χ0v) is 20.4. The van der Waals surface area contributed by atoms with Crippen LogP contribution in [0, 0.1) is 12.8 Å². The maximum absolute atomic E-state index is 12.9. The van der Waals surface area contributed by atoms with Gasteiger partial charge in [0.1, 0.15) is 11.6 Å². The number of carbonyl (C=O) groups is 1. The molecular weight excluding hydrogens is 447 g/mol. The first-order chi connectivity index (χ1) is 14.6. The van der Waals surface area contributed by atoms with Gasteiger partial charge in [-0.1, -0.05) is 6.92 Å². The molecule has 1 aromatic heterocycles. The van der Waals surface area contributed by atoms with Crippen LogP contribution in [0.1, 0.15) is 41.5 Å². The van der Waals surface area contributed by atoms with Crippen molar-refractivity contribution in [2.24, 2.45) is 5.92 Å². The third kappa shape index (κ3) is 5.55. The van der Waals surface area contributed by atoms with E-state index in [0.29, 0.717) is 11.5 Å². The number of nitrogens with one attached hydrogen (secondary N) is 2. The van der Waals surface area contributed by atoms with Crippen LogP contribution >= 0.6 is 24.8 Å². The molecule has 1 amide bonds. The number of ether oxygens (including phenoxy) is 1. The molecule has 1 atom stereocenters. The summed E-state index contributed by atoms with van der Waals surface area (Å²) in [5, 5.41) is 6.43. The fourth-order valence-corrected chi connectivity index (χ4v) is 4.32. The van der Waals surface area contributed by atoms with Crippen LogP contribution in [-0.2, 0) is 13.0 Å². The molecule has 1 unspecified atom stereocenters. The Morgan fingerprint density at radius 1 is 1.25 bits per heavy atom. The van der Waals surface area contributed by atoms with E-state index in [4.69, 9.17) is 4.74 Å². The molecule has 1 fully saturated rings. The van der Waals surface area contributed by atoms with Gasteiger partial charge in [-0.25, -0.2) is 4.98 Å². The van der Waals surface area contributed by atoms with Gasteiger partial charge >= 0.3 is 0 Å². The molecular formula is C24H32Cl2N4O2. The second-order valence-corrected chi connectivity index (χ2v) is 8.06. The molecule has 0 saturated carbocycles. The van der Waals surface area contributed by atoms with E-state index in [-0.39, 0.29) is 30.7 Å². The summed E-state index contributed by atoms with van der Waals surface area (Å²) in [4.78, 5) is 17.6. The van der Waals surface area contributed by atoms with Crippen LogP contribution in [0.4, 0.5) is 5.69 Å². The van der Waals surface area contributed by atoms with E-state index in [1.807, 2.05) is 43.3 Å². The third-order valence-electron chi connectivity index (χ3n) is 5.86. The quantitative estimate of drug-likeness (QED) is 0.500. The topological polar surface area (TPSA) is 68.2 Å².